The molecule has 0 unspecified atom stereocenters. The summed E-state index contributed by atoms with van der Waals surface area (Å²) in [4.78, 5) is 0. The zero-order valence-electron chi connectivity index (χ0n) is 6.25. The van der Waals surface area contributed by atoms with E-state index in [9.17, 15) is 13.2 Å². The van der Waals surface area contributed by atoms with Crippen molar-refractivity contribution in [3.63, 3.8) is 0 Å². The monoisotopic (exact) mass is 230 g/mol. The summed E-state index contributed by atoms with van der Waals surface area (Å²) >= 11 is 11.0. The van der Waals surface area contributed by atoms with E-state index in [2.05, 4.69) is 5.73 Å². The molecule has 3 N–H and O–H groups in total. The summed E-state index contributed by atoms with van der Waals surface area (Å²) < 4.78 is 36.4. The molecule has 0 radical (unpaired) electrons. The summed E-state index contributed by atoms with van der Waals surface area (Å²) in [5.74, 6) is 0. The molecule has 0 saturated carbocycles. The Balaban J connectivity index is 3.29. The molecule has 0 aliphatic carbocycles. The molecule has 0 amide bonds. The number of benzene rings is 1. The molecule has 0 aliphatic heterocycles. The lowest BCUT2D eigenvalue weighted by Gasteiger charge is -2.07. The Bertz CT molecular complexity index is 312. The van der Waals surface area contributed by atoms with Crippen LogP contribution in [0, 0.1) is 0 Å². The second kappa shape index (κ2) is 3.36. The normalized spacial score (nSPS) is 11.8. The summed E-state index contributed by atoms with van der Waals surface area (Å²) in [5.41, 5.74) is 2.75. The van der Waals surface area contributed by atoms with Crippen LogP contribution in [0.25, 0.3) is 0 Å². The molecule has 0 aliphatic rings. The molecule has 72 valence electrons. The second-order valence-corrected chi connectivity index (χ2v) is 3.23. The maximum atomic E-state index is 12.1. The lowest BCUT2D eigenvalue weighted by Crippen LogP contribution is -2.41. The van der Waals surface area contributed by atoms with E-state index in [0.717, 1.165) is 12.1 Å². The first-order chi connectivity index (χ1) is 5.82. The molecule has 13 heavy (non-hydrogen) atoms. The number of halogens is 5. The van der Waals surface area contributed by atoms with E-state index < -0.39 is 11.7 Å². The summed E-state index contributed by atoms with van der Waals surface area (Å²) in [7, 11) is 0. The minimum absolute atomic E-state index is 0.0835. The topological polar surface area (TPSA) is 27.6 Å². The Labute approximate surface area is 82.2 Å². The van der Waals surface area contributed by atoms with Crippen LogP contribution >= 0.6 is 23.2 Å². The van der Waals surface area contributed by atoms with Crippen molar-refractivity contribution in [2.45, 2.75) is 6.18 Å². The van der Waals surface area contributed by atoms with Crippen molar-refractivity contribution >= 4 is 28.9 Å². The molecular weight excluding hydrogens is 226 g/mol. The van der Waals surface area contributed by atoms with Crippen molar-refractivity contribution < 1.29 is 18.9 Å². The summed E-state index contributed by atoms with van der Waals surface area (Å²) in [6, 6.07) is 1.60. The minimum Gasteiger partial charge on any atom is -0.323 e. The van der Waals surface area contributed by atoms with E-state index in [-0.39, 0.29) is 15.7 Å². The lowest BCUT2D eigenvalue weighted by atomic mass is 10.2. The van der Waals surface area contributed by atoms with Crippen LogP contribution in [-0.2, 0) is 6.18 Å². The molecule has 1 nitrogen and oxygen atoms in total. The molecule has 0 fully saturated rings. The van der Waals surface area contributed by atoms with Crippen molar-refractivity contribution in [1.82, 2.24) is 0 Å². The Morgan fingerprint density at radius 2 is 1.46 bits per heavy atom. The van der Waals surface area contributed by atoms with E-state index in [4.69, 9.17) is 23.2 Å². The third kappa shape index (κ3) is 2.27. The average molecular weight is 231 g/mol. The zero-order chi connectivity index (χ0) is 10.2. The molecule has 0 bridgehead atoms. The largest absolute Gasteiger partial charge is 0.416 e. The molecule has 1 aromatic rings. The number of hydrogen-bond donors (Lipinski definition) is 1. The van der Waals surface area contributed by atoms with Crippen LogP contribution < -0.4 is 5.73 Å². The molecule has 1 rings (SSSR count). The van der Waals surface area contributed by atoms with E-state index in [1.165, 1.54) is 0 Å². The fourth-order valence-corrected chi connectivity index (χ4v) is 1.25. The Hall–Kier alpha value is -0.450. The van der Waals surface area contributed by atoms with Gasteiger partial charge in [-0.25, -0.2) is 0 Å². The molecule has 0 aromatic heterocycles. The third-order valence-corrected chi connectivity index (χ3v) is 2.14. The van der Waals surface area contributed by atoms with Gasteiger partial charge < -0.3 is 5.73 Å². The first-order valence-electron chi connectivity index (χ1n) is 3.20. The summed E-state index contributed by atoms with van der Waals surface area (Å²) in [6.45, 7) is 0. The highest BCUT2D eigenvalue weighted by Gasteiger charge is 2.32. The van der Waals surface area contributed by atoms with Gasteiger partial charge in [0.15, 0.2) is 5.69 Å². The van der Waals surface area contributed by atoms with Crippen molar-refractivity contribution in [1.29, 1.82) is 0 Å². The van der Waals surface area contributed by atoms with Gasteiger partial charge >= 0.3 is 6.18 Å². The highest BCUT2D eigenvalue weighted by atomic mass is 35.5. The molecule has 0 spiro atoms. The highest BCUT2D eigenvalue weighted by Crippen LogP contribution is 2.36. The number of rotatable bonds is 0. The van der Waals surface area contributed by atoms with Crippen LogP contribution in [0.4, 0.5) is 18.9 Å². The van der Waals surface area contributed by atoms with E-state index >= 15 is 0 Å². The Kier molecular flexibility index (Phi) is 2.75. The van der Waals surface area contributed by atoms with Gasteiger partial charge in [-0.2, -0.15) is 13.2 Å². The van der Waals surface area contributed by atoms with Crippen LogP contribution in [0.3, 0.4) is 0 Å². The third-order valence-electron chi connectivity index (χ3n) is 1.47. The van der Waals surface area contributed by atoms with Gasteiger partial charge in [-0.05, 0) is 12.1 Å². The molecule has 0 saturated heterocycles. The van der Waals surface area contributed by atoms with Gasteiger partial charge in [0.05, 0.1) is 5.56 Å². The van der Waals surface area contributed by atoms with Crippen molar-refractivity contribution in [2.24, 2.45) is 0 Å². The number of quaternary nitrogens is 1. The number of alkyl halides is 3. The quantitative estimate of drug-likeness (QED) is 0.710. The van der Waals surface area contributed by atoms with Crippen LogP contribution in [0.2, 0.25) is 10.0 Å². The van der Waals surface area contributed by atoms with Gasteiger partial charge in [-0.3, -0.25) is 0 Å². The van der Waals surface area contributed by atoms with Gasteiger partial charge in [0.25, 0.3) is 0 Å². The van der Waals surface area contributed by atoms with Crippen molar-refractivity contribution in [3.8, 4) is 0 Å². The zero-order valence-corrected chi connectivity index (χ0v) is 7.76. The summed E-state index contributed by atoms with van der Waals surface area (Å²) in [5, 5.41) is -0.167. The van der Waals surface area contributed by atoms with Gasteiger partial charge in [-0.1, -0.05) is 23.2 Å². The van der Waals surface area contributed by atoms with Crippen LogP contribution in [-0.4, -0.2) is 0 Å². The number of hydrogen-bond acceptors (Lipinski definition) is 0. The predicted molar refractivity (Wildman–Crippen MR) is 44.0 cm³/mol. The van der Waals surface area contributed by atoms with Crippen LogP contribution in [0.15, 0.2) is 12.1 Å². The second-order valence-electron chi connectivity index (χ2n) is 2.42. The minimum atomic E-state index is -4.43. The average Bonchev–Trinajstić information content (AvgIpc) is 1.97. The van der Waals surface area contributed by atoms with Gasteiger partial charge in [0, 0.05) is 0 Å². The van der Waals surface area contributed by atoms with Gasteiger partial charge in [-0.15, -0.1) is 0 Å². The Morgan fingerprint density at radius 3 is 1.77 bits per heavy atom. The fraction of sp³-hybridized carbons (Fsp3) is 0.143. The van der Waals surface area contributed by atoms with Crippen LogP contribution in [0.5, 0.6) is 0 Å². The molecule has 6 heteroatoms. The van der Waals surface area contributed by atoms with E-state index in [0.29, 0.717) is 0 Å². The molecule has 0 heterocycles. The molecule has 1 aromatic carbocycles. The smallest absolute Gasteiger partial charge is 0.323 e. The molecule has 0 atom stereocenters. The maximum absolute atomic E-state index is 12.1. The summed E-state index contributed by atoms with van der Waals surface area (Å²) in [6.07, 6.45) is -4.43. The maximum Gasteiger partial charge on any atom is 0.416 e. The van der Waals surface area contributed by atoms with Gasteiger partial charge in [0.2, 0.25) is 0 Å². The fourth-order valence-electron chi connectivity index (χ4n) is 0.767. The Morgan fingerprint density at radius 1 is 1.08 bits per heavy atom. The first kappa shape index (κ1) is 10.6. The first-order valence-corrected chi connectivity index (χ1v) is 3.96. The SMILES string of the molecule is [NH3+]c1c(Cl)cc(C(F)(F)F)cc1Cl. The van der Waals surface area contributed by atoms with Crippen molar-refractivity contribution in [3.05, 3.63) is 27.7 Å². The van der Waals surface area contributed by atoms with Crippen LogP contribution in [0.1, 0.15) is 5.56 Å². The van der Waals surface area contributed by atoms with E-state index in [1.807, 2.05) is 0 Å². The predicted octanol–water partition coefficient (Wildman–Crippen LogP) is 2.89. The standard InChI is InChI=1S/C7H4Cl2F3N/c8-4-1-3(7(10,11)12)2-5(9)6(4)13/h1-2H,13H2/p+1. The highest BCUT2D eigenvalue weighted by molar-refractivity contribution is 6.38. The van der Waals surface area contributed by atoms with Gasteiger partial charge in [0.1, 0.15) is 10.0 Å². The van der Waals surface area contributed by atoms with Crippen molar-refractivity contribution in [2.75, 3.05) is 0 Å². The molecular formula is C7H5Cl2F3N+. The van der Waals surface area contributed by atoms with E-state index in [1.54, 1.807) is 0 Å². The lowest BCUT2D eigenvalue weighted by molar-refractivity contribution is -0.254.